The molecule has 0 radical (unpaired) electrons. The van der Waals surface area contributed by atoms with E-state index >= 15 is 0 Å². The van der Waals surface area contributed by atoms with Gasteiger partial charge in [-0.25, -0.2) is 0 Å². The van der Waals surface area contributed by atoms with Gasteiger partial charge in [0.2, 0.25) is 0 Å². The van der Waals surface area contributed by atoms with Crippen LogP contribution >= 0.6 is 11.6 Å². The van der Waals surface area contributed by atoms with Crippen molar-refractivity contribution >= 4 is 22.6 Å². The van der Waals surface area contributed by atoms with Crippen molar-refractivity contribution in [2.24, 2.45) is 0 Å². The molecule has 0 fully saturated rings. The first kappa shape index (κ1) is 13.0. The van der Waals surface area contributed by atoms with Gasteiger partial charge in [0.05, 0.1) is 5.69 Å². The van der Waals surface area contributed by atoms with Gasteiger partial charge in [0.25, 0.3) is 0 Å². The van der Waals surface area contributed by atoms with Crippen molar-refractivity contribution < 1.29 is 0 Å². The Morgan fingerprint density at radius 1 is 0.682 bits per heavy atom. The molecule has 4 aromatic rings. The van der Waals surface area contributed by atoms with Crippen LogP contribution in [0.2, 0.25) is 5.02 Å². The fourth-order valence-corrected chi connectivity index (χ4v) is 2.61. The highest BCUT2D eigenvalue weighted by molar-refractivity contribution is 6.31. The highest BCUT2D eigenvalue weighted by Crippen LogP contribution is 2.22. The number of benzene rings is 3. The summed E-state index contributed by atoms with van der Waals surface area (Å²) in [5.41, 5.74) is 4.85. The number of nitrogens with zero attached hydrogens (tertiary/aromatic N) is 3. The molecule has 0 aliphatic carbocycles. The molecular weight excluding hydrogens is 294 g/mol. The lowest BCUT2D eigenvalue weighted by molar-refractivity contribution is 0.766. The third-order valence-corrected chi connectivity index (χ3v) is 3.76. The molecule has 4 rings (SSSR count). The summed E-state index contributed by atoms with van der Waals surface area (Å²) < 4.78 is 0. The summed E-state index contributed by atoms with van der Waals surface area (Å²) in [6.07, 6.45) is 0. The van der Waals surface area contributed by atoms with E-state index in [1.165, 1.54) is 5.56 Å². The Bertz CT molecular complexity index is 945. The Labute approximate surface area is 132 Å². The molecule has 1 heterocycles. The number of fused-ring (bicyclic) bond motifs is 1. The Hall–Kier alpha value is -2.65. The molecule has 0 aliphatic heterocycles. The zero-order valence-electron chi connectivity index (χ0n) is 11.6. The van der Waals surface area contributed by atoms with Crippen LogP contribution < -0.4 is 0 Å². The van der Waals surface area contributed by atoms with Gasteiger partial charge in [-0.1, -0.05) is 54.1 Å². The molecule has 0 amide bonds. The SMILES string of the molecule is Clc1ccc2nn(-c3cccc(-c4ccccc4)c3)nc2c1. The maximum atomic E-state index is 6.00. The van der Waals surface area contributed by atoms with Gasteiger partial charge in [-0.15, -0.1) is 10.2 Å². The Morgan fingerprint density at radius 3 is 2.32 bits per heavy atom. The molecule has 0 bridgehead atoms. The first-order chi connectivity index (χ1) is 10.8. The van der Waals surface area contributed by atoms with Crippen LogP contribution in [0.15, 0.2) is 72.8 Å². The van der Waals surface area contributed by atoms with Gasteiger partial charge >= 0.3 is 0 Å². The second kappa shape index (κ2) is 5.28. The quantitative estimate of drug-likeness (QED) is 0.535. The molecule has 0 N–H and O–H groups in total. The fraction of sp³-hybridized carbons (Fsp3) is 0. The molecule has 3 aromatic carbocycles. The van der Waals surface area contributed by atoms with Gasteiger partial charge in [0.15, 0.2) is 0 Å². The second-order valence-corrected chi connectivity index (χ2v) is 5.48. The fourth-order valence-electron chi connectivity index (χ4n) is 2.44. The predicted molar refractivity (Wildman–Crippen MR) is 89.3 cm³/mol. The summed E-state index contributed by atoms with van der Waals surface area (Å²) in [5, 5.41) is 9.67. The first-order valence-corrected chi connectivity index (χ1v) is 7.36. The maximum absolute atomic E-state index is 6.00. The summed E-state index contributed by atoms with van der Waals surface area (Å²) in [6, 6.07) is 23.9. The third kappa shape index (κ3) is 2.36. The van der Waals surface area contributed by atoms with Crippen molar-refractivity contribution in [3.05, 3.63) is 77.8 Å². The zero-order valence-corrected chi connectivity index (χ0v) is 12.4. The van der Waals surface area contributed by atoms with Crippen molar-refractivity contribution in [3.63, 3.8) is 0 Å². The van der Waals surface area contributed by atoms with Gasteiger partial charge < -0.3 is 0 Å². The topological polar surface area (TPSA) is 30.7 Å². The van der Waals surface area contributed by atoms with Crippen LogP contribution in [0.4, 0.5) is 0 Å². The lowest BCUT2D eigenvalue weighted by Crippen LogP contribution is -1.98. The van der Waals surface area contributed by atoms with E-state index in [0.29, 0.717) is 5.02 Å². The van der Waals surface area contributed by atoms with Crippen LogP contribution in [-0.4, -0.2) is 15.0 Å². The van der Waals surface area contributed by atoms with Crippen LogP contribution in [0.5, 0.6) is 0 Å². The van der Waals surface area contributed by atoms with Gasteiger partial charge in [-0.05, 0) is 41.5 Å². The van der Waals surface area contributed by atoms with Crippen LogP contribution in [0.1, 0.15) is 0 Å². The average molecular weight is 306 g/mol. The van der Waals surface area contributed by atoms with Gasteiger partial charge in [0.1, 0.15) is 11.0 Å². The molecule has 0 atom stereocenters. The van der Waals surface area contributed by atoms with E-state index in [2.05, 4.69) is 34.5 Å². The van der Waals surface area contributed by atoms with Crippen LogP contribution in [0.25, 0.3) is 27.8 Å². The molecule has 1 aromatic heterocycles. The first-order valence-electron chi connectivity index (χ1n) is 6.98. The zero-order chi connectivity index (χ0) is 14.9. The van der Waals surface area contributed by atoms with E-state index < -0.39 is 0 Å². The normalized spacial score (nSPS) is 11.0. The van der Waals surface area contributed by atoms with Crippen molar-refractivity contribution in [1.82, 2.24) is 15.0 Å². The van der Waals surface area contributed by atoms with Crippen LogP contribution in [0, 0.1) is 0 Å². The predicted octanol–water partition coefficient (Wildman–Crippen LogP) is 4.74. The van der Waals surface area contributed by atoms with Gasteiger partial charge in [-0.3, -0.25) is 0 Å². The molecule has 0 aliphatic rings. The molecule has 0 saturated carbocycles. The third-order valence-electron chi connectivity index (χ3n) is 3.53. The Balaban J connectivity index is 1.81. The van der Waals surface area contributed by atoms with Crippen molar-refractivity contribution in [1.29, 1.82) is 0 Å². The van der Waals surface area contributed by atoms with Crippen LogP contribution in [-0.2, 0) is 0 Å². The van der Waals surface area contributed by atoms with Crippen LogP contribution in [0.3, 0.4) is 0 Å². The number of hydrogen-bond acceptors (Lipinski definition) is 2. The summed E-state index contributed by atoms with van der Waals surface area (Å²) in [6.45, 7) is 0. The number of aromatic nitrogens is 3. The Kier molecular flexibility index (Phi) is 3.13. The number of halogens is 1. The largest absolute Gasteiger partial charge is 0.150 e. The molecule has 3 nitrogen and oxygen atoms in total. The van der Waals surface area contributed by atoms with Gasteiger partial charge in [0, 0.05) is 5.02 Å². The molecule has 106 valence electrons. The molecule has 0 unspecified atom stereocenters. The lowest BCUT2D eigenvalue weighted by atomic mass is 10.1. The van der Waals surface area contributed by atoms with Crippen molar-refractivity contribution in [2.75, 3.05) is 0 Å². The minimum absolute atomic E-state index is 0.664. The highest BCUT2D eigenvalue weighted by Gasteiger charge is 2.06. The minimum Gasteiger partial charge on any atom is -0.150 e. The molecule has 0 spiro atoms. The molecular formula is C18H12ClN3. The van der Waals surface area contributed by atoms with E-state index in [-0.39, 0.29) is 0 Å². The number of rotatable bonds is 2. The standard InChI is InChI=1S/C18H12ClN3/c19-15-9-10-17-18(12-15)21-22(20-17)16-8-4-7-14(11-16)13-5-2-1-3-6-13/h1-12H. The lowest BCUT2D eigenvalue weighted by Gasteiger charge is -2.04. The summed E-state index contributed by atoms with van der Waals surface area (Å²) in [5.74, 6) is 0. The summed E-state index contributed by atoms with van der Waals surface area (Å²) in [7, 11) is 0. The highest BCUT2D eigenvalue weighted by atomic mass is 35.5. The average Bonchev–Trinajstić information content (AvgIpc) is 2.99. The summed E-state index contributed by atoms with van der Waals surface area (Å²) >= 11 is 6.00. The monoisotopic (exact) mass is 305 g/mol. The molecule has 4 heteroatoms. The van der Waals surface area contributed by atoms with Gasteiger partial charge in [-0.2, -0.15) is 4.80 Å². The van der Waals surface area contributed by atoms with E-state index in [4.69, 9.17) is 11.6 Å². The maximum Gasteiger partial charge on any atom is 0.115 e. The molecule has 0 saturated heterocycles. The Morgan fingerprint density at radius 2 is 1.45 bits per heavy atom. The van der Waals surface area contributed by atoms with Crippen molar-refractivity contribution in [3.8, 4) is 16.8 Å². The summed E-state index contributed by atoms with van der Waals surface area (Å²) in [4.78, 5) is 1.65. The second-order valence-electron chi connectivity index (χ2n) is 5.04. The number of hydrogen-bond donors (Lipinski definition) is 0. The van der Waals surface area contributed by atoms with E-state index in [1.54, 1.807) is 4.80 Å². The van der Waals surface area contributed by atoms with E-state index in [0.717, 1.165) is 22.3 Å². The van der Waals surface area contributed by atoms with E-state index in [9.17, 15) is 0 Å². The molecule has 22 heavy (non-hydrogen) atoms. The minimum atomic E-state index is 0.664. The van der Waals surface area contributed by atoms with E-state index in [1.807, 2.05) is 48.5 Å². The van der Waals surface area contributed by atoms with Crippen molar-refractivity contribution in [2.45, 2.75) is 0 Å². The smallest absolute Gasteiger partial charge is 0.115 e.